The zero-order chi connectivity index (χ0) is 30.5. The van der Waals surface area contributed by atoms with Crippen LogP contribution in [0, 0.1) is 0 Å². The lowest BCUT2D eigenvalue weighted by molar-refractivity contribution is -0.139. The Hall–Kier alpha value is -5.14. The Bertz CT molecular complexity index is 1760. The average Bonchev–Trinajstić information content (AvgIpc) is 3.65. The highest BCUT2D eigenvalue weighted by atomic mass is 32.1. The van der Waals surface area contributed by atoms with Crippen molar-refractivity contribution in [1.29, 1.82) is 0 Å². The van der Waals surface area contributed by atoms with E-state index in [1.54, 1.807) is 11.3 Å². The van der Waals surface area contributed by atoms with Crippen LogP contribution in [0.15, 0.2) is 122 Å². The molecule has 1 aliphatic rings. The molecule has 1 heterocycles. The molecule has 5 aromatic rings. The van der Waals surface area contributed by atoms with Crippen LogP contribution in [0.25, 0.3) is 21.2 Å². The van der Waals surface area contributed by atoms with Crippen molar-refractivity contribution in [3.63, 3.8) is 0 Å². The van der Waals surface area contributed by atoms with Crippen molar-refractivity contribution in [3.8, 4) is 22.6 Å². The first-order valence-corrected chi connectivity index (χ1v) is 15.1. The minimum atomic E-state index is -0.599. The molecule has 0 radical (unpaired) electrons. The lowest BCUT2D eigenvalue weighted by Gasteiger charge is -2.34. The molecule has 44 heavy (non-hydrogen) atoms. The molecule has 220 valence electrons. The van der Waals surface area contributed by atoms with Gasteiger partial charge in [0.2, 0.25) is 0 Å². The van der Waals surface area contributed by atoms with E-state index >= 15 is 0 Å². The molecular weight excluding hydrogens is 572 g/mol. The van der Waals surface area contributed by atoms with Crippen LogP contribution in [-0.4, -0.2) is 38.4 Å². The monoisotopic (exact) mass is 602 g/mol. The molecular formula is C37H30O6S. The predicted octanol–water partition coefficient (Wildman–Crippen LogP) is 7.48. The Morgan fingerprint density at radius 3 is 1.80 bits per heavy atom. The van der Waals surface area contributed by atoms with Gasteiger partial charge in [-0.25, -0.2) is 9.59 Å². The first-order chi connectivity index (χ1) is 21.5. The Morgan fingerprint density at radius 2 is 1.23 bits per heavy atom. The smallest absolute Gasteiger partial charge is 0.330 e. The predicted molar refractivity (Wildman–Crippen MR) is 172 cm³/mol. The molecule has 0 bridgehead atoms. The SMILES string of the molecule is C=CC(=O)OCCOc1ccc(C2(c3ccc(OCCOC(=O)C=C)cc3)c3ccccc3-c3cc4sccc4cc32)cc1. The Morgan fingerprint density at radius 1 is 0.659 bits per heavy atom. The van der Waals surface area contributed by atoms with Crippen LogP contribution in [0.2, 0.25) is 0 Å². The van der Waals surface area contributed by atoms with Crippen molar-refractivity contribution >= 4 is 33.4 Å². The maximum Gasteiger partial charge on any atom is 0.330 e. The van der Waals surface area contributed by atoms with Crippen molar-refractivity contribution in [3.05, 3.63) is 144 Å². The van der Waals surface area contributed by atoms with E-state index in [0.29, 0.717) is 11.5 Å². The highest BCUT2D eigenvalue weighted by Gasteiger charge is 2.46. The quantitative estimate of drug-likeness (QED) is 0.0822. The average molecular weight is 603 g/mol. The maximum atomic E-state index is 11.3. The molecule has 0 aliphatic heterocycles. The number of hydrogen-bond acceptors (Lipinski definition) is 7. The van der Waals surface area contributed by atoms with Crippen LogP contribution in [0.1, 0.15) is 22.3 Å². The molecule has 0 fully saturated rings. The van der Waals surface area contributed by atoms with Gasteiger partial charge in [0.1, 0.15) is 37.9 Å². The Kier molecular flexibility index (Phi) is 8.30. The second-order valence-electron chi connectivity index (χ2n) is 10.1. The minimum absolute atomic E-state index is 0.138. The molecule has 7 heteroatoms. The van der Waals surface area contributed by atoms with Crippen LogP contribution in [0.4, 0.5) is 0 Å². The molecule has 0 saturated heterocycles. The zero-order valence-electron chi connectivity index (χ0n) is 24.0. The number of rotatable bonds is 12. The summed E-state index contributed by atoms with van der Waals surface area (Å²) in [5.74, 6) is 0.409. The van der Waals surface area contributed by atoms with Gasteiger partial charge in [0, 0.05) is 16.9 Å². The zero-order valence-corrected chi connectivity index (χ0v) is 24.8. The van der Waals surface area contributed by atoms with Crippen molar-refractivity contribution in [1.82, 2.24) is 0 Å². The van der Waals surface area contributed by atoms with Gasteiger partial charge in [-0.1, -0.05) is 61.7 Å². The Balaban J connectivity index is 1.39. The summed E-state index contributed by atoms with van der Waals surface area (Å²) < 4.78 is 23.0. The van der Waals surface area contributed by atoms with Crippen molar-refractivity contribution in [2.75, 3.05) is 26.4 Å². The summed E-state index contributed by atoms with van der Waals surface area (Å²) >= 11 is 1.74. The van der Waals surface area contributed by atoms with E-state index in [0.717, 1.165) is 23.3 Å². The standard InChI is InChI=1S/C37H30O6S/c1-3-35(38)42-20-18-40-28-13-9-26(10-14-28)37(27-11-15-29(16-12-27)41-19-21-43-36(39)4-2)32-8-6-5-7-30(32)31-24-34-25(17-22-44-34)23-33(31)37/h3-17,22-24H,1-2,18-21H2. The fourth-order valence-electron chi connectivity index (χ4n) is 5.85. The summed E-state index contributed by atoms with van der Waals surface area (Å²) in [5, 5.41) is 3.33. The molecule has 0 atom stereocenters. The summed E-state index contributed by atoms with van der Waals surface area (Å²) in [5.41, 5.74) is 6.40. The Labute approximate surface area is 259 Å². The van der Waals surface area contributed by atoms with Gasteiger partial charge in [0.05, 0.1) is 5.41 Å². The number of carbonyl (C=O) groups excluding carboxylic acids is 2. The highest BCUT2D eigenvalue weighted by Crippen LogP contribution is 2.57. The largest absolute Gasteiger partial charge is 0.490 e. The third-order valence-corrected chi connectivity index (χ3v) is 8.60. The number of ether oxygens (including phenoxy) is 4. The molecule has 1 aliphatic carbocycles. The summed E-state index contributed by atoms with van der Waals surface area (Å²) in [6.45, 7) is 7.57. The van der Waals surface area contributed by atoms with Crippen molar-refractivity contribution < 1.29 is 28.5 Å². The first kappa shape index (κ1) is 29.0. The van der Waals surface area contributed by atoms with Gasteiger partial charge in [-0.3, -0.25) is 0 Å². The van der Waals surface area contributed by atoms with E-state index in [-0.39, 0.29) is 26.4 Å². The third kappa shape index (κ3) is 5.38. The third-order valence-electron chi connectivity index (χ3n) is 7.72. The van der Waals surface area contributed by atoms with Crippen LogP contribution in [-0.2, 0) is 24.5 Å². The lowest BCUT2D eigenvalue weighted by atomic mass is 9.67. The van der Waals surface area contributed by atoms with Crippen molar-refractivity contribution in [2.45, 2.75) is 5.41 Å². The van der Waals surface area contributed by atoms with Gasteiger partial charge in [-0.05, 0) is 86.6 Å². The van der Waals surface area contributed by atoms with Crippen LogP contribution in [0.5, 0.6) is 11.5 Å². The van der Waals surface area contributed by atoms with Gasteiger partial charge in [0.15, 0.2) is 0 Å². The number of benzene rings is 4. The van der Waals surface area contributed by atoms with Gasteiger partial charge >= 0.3 is 11.9 Å². The molecule has 6 rings (SSSR count). The van der Waals surface area contributed by atoms with E-state index in [4.69, 9.17) is 18.9 Å². The molecule has 0 spiro atoms. The van der Waals surface area contributed by atoms with Gasteiger partial charge < -0.3 is 18.9 Å². The second kappa shape index (κ2) is 12.6. The summed E-state index contributed by atoms with van der Waals surface area (Å²) in [4.78, 5) is 22.7. The fourth-order valence-corrected chi connectivity index (χ4v) is 6.66. The van der Waals surface area contributed by atoms with E-state index in [1.165, 1.54) is 32.3 Å². The number of fused-ring (bicyclic) bond motifs is 4. The fraction of sp³-hybridized carbons (Fsp3) is 0.135. The molecule has 6 nitrogen and oxygen atoms in total. The first-order valence-electron chi connectivity index (χ1n) is 14.2. The number of carbonyl (C=O) groups is 2. The molecule has 0 amide bonds. The topological polar surface area (TPSA) is 71.1 Å². The van der Waals surface area contributed by atoms with E-state index in [2.05, 4.69) is 85.3 Å². The molecule has 4 aromatic carbocycles. The van der Waals surface area contributed by atoms with E-state index in [1.807, 2.05) is 24.3 Å². The van der Waals surface area contributed by atoms with E-state index < -0.39 is 17.4 Å². The summed E-state index contributed by atoms with van der Waals surface area (Å²) in [6.07, 6.45) is 2.27. The minimum Gasteiger partial charge on any atom is -0.490 e. The van der Waals surface area contributed by atoms with Gasteiger partial charge in [0.25, 0.3) is 0 Å². The van der Waals surface area contributed by atoms with Crippen LogP contribution in [0.3, 0.4) is 0 Å². The second-order valence-corrected chi connectivity index (χ2v) is 11.1. The summed E-state index contributed by atoms with van der Waals surface area (Å²) in [6, 6.07) is 31.6. The number of esters is 2. The van der Waals surface area contributed by atoms with Crippen molar-refractivity contribution in [2.24, 2.45) is 0 Å². The highest BCUT2D eigenvalue weighted by molar-refractivity contribution is 7.17. The molecule has 0 N–H and O–H groups in total. The lowest BCUT2D eigenvalue weighted by Crippen LogP contribution is -2.28. The number of thiophene rings is 1. The van der Waals surface area contributed by atoms with E-state index in [9.17, 15) is 9.59 Å². The van der Waals surface area contributed by atoms with Gasteiger partial charge in [-0.15, -0.1) is 11.3 Å². The van der Waals surface area contributed by atoms with Crippen LogP contribution < -0.4 is 9.47 Å². The molecule has 1 aromatic heterocycles. The maximum absolute atomic E-state index is 11.3. The van der Waals surface area contributed by atoms with Gasteiger partial charge in [-0.2, -0.15) is 0 Å². The number of hydrogen-bond donors (Lipinski definition) is 0. The van der Waals surface area contributed by atoms with Crippen LogP contribution >= 0.6 is 11.3 Å². The molecule has 0 saturated carbocycles. The normalized spacial score (nSPS) is 12.5. The molecule has 0 unspecified atom stereocenters. The summed E-state index contributed by atoms with van der Waals surface area (Å²) in [7, 11) is 0.